The van der Waals surface area contributed by atoms with E-state index in [0.717, 1.165) is 0 Å². The Bertz CT molecular complexity index is 850. The molecule has 0 amide bonds. The van der Waals surface area contributed by atoms with E-state index in [1.165, 1.54) is 32.9 Å². The van der Waals surface area contributed by atoms with Crippen molar-refractivity contribution >= 4 is 27.6 Å². The van der Waals surface area contributed by atoms with E-state index < -0.39 is 0 Å². The van der Waals surface area contributed by atoms with Crippen LogP contribution in [0.25, 0.3) is 22.3 Å². The van der Waals surface area contributed by atoms with Crippen LogP contribution in [0.3, 0.4) is 0 Å². The third kappa shape index (κ3) is 4.31. The molecule has 126 valence electrons. The highest BCUT2D eigenvalue weighted by Crippen LogP contribution is 2.21. The lowest BCUT2D eigenvalue weighted by Gasteiger charge is -2.07. The molecule has 0 spiro atoms. The minimum atomic E-state index is 0. The third-order valence-corrected chi connectivity index (χ3v) is 5.52. The molecular weight excluding hydrogens is 330 g/mol. The van der Waals surface area contributed by atoms with Crippen molar-refractivity contribution < 1.29 is 0 Å². The predicted octanol–water partition coefficient (Wildman–Crippen LogP) is 4.47. The van der Waals surface area contributed by atoms with Crippen LogP contribution in [0.15, 0.2) is 109 Å². The van der Waals surface area contributed by atoms with Crippen molar-refractivity contribution in [2.45, 2.75) is 0 Å². The summed E-state index contributed by atoms with van der Waals surface area (Å²) in [5.41, 5.74) is 5.08. The average molecular weight is 352 g/mol. The molecule has 0 bridgehead atoms. The molecule has 2 heteroatoms. The highest BCUT2D eigenvalue weighted by Gasteiger charge is 2.01. The Morgan fingerprint density at radius 3 is 1.00 bits per heavy atom. The zero-order valence-electron chi connectivity index (χ0n) is 13.9. The van der Waals surface area contributed by atoms with Crippen LogP contribution in [-0.2, 0) is 0 Å². The van der Waals surface area contributed by atoms with Crippen LogP contribution in [0, 0.1) is 0 Å². The van der Waals surface area contributed by atoms with Gasteiger partial charge in [0.05, 0.1) is 8.41 Å². The molecule has 0 saturated carbocycles. The van der Waals surface area contributed by atoms with Gasteiger partial charge in [0.25, 0.3) is 0 Å². The maximum absolute atomic E-state index is 2.24. The summed E-state index contributed by atoms with van der Waals surface area (Å²) < 4.78 is 0. The van der Waals surface area contributed by atoms with Crippen LogP contribution in [0.4, 0.5) is 0 Å². The Morgan fingerprint density at radius 1 is 0.346 bits per heavy atom. The van der Waals surface area contributed by atoms with Gasteiger partial charge in [-0.15, -0.1) is 0 Å². The highest BCUT2D eigenvalue weighted by atomic mass is 31.1. The SMILES string of the molecule is B.c1ccc(-c2ccc(Pc3ccc(-c4ccccc4)cc3)cc2)cc1. The molecule has 4 rings (SSSR count). The summed E-state index contributed by atoms with van der Waals surface area (Å²) in [6.45, 7) is 0. The van der Waals surface area contributed by atoms with E-state index in [9.17, 15) is 0 Å². The minimum absolute atomic E-state index is 0. The smallest absolute Gasteiger partial charge is 0.0622 e. The van der Waals surface area contributed by atoms with Crippen molar-refractivity contribution in [3.05, 3.63) is 109 Å². The fourth-order valence-corrected chi connectivity index (χ4v) is 3.92. The molecule has 0 heterocycles. The second-order valence-corrected chi connectivity index (χ2v) is 7.42. The first-order chi connectivity index (χ1) is 12.4. The van der Waals surface area contributed by atoms with Crippen molar-refractivity contribution in [2.24, 2.45) is 0 Å². The van der Waals surface area contributed by atoms with Crippen molar-refractivity contribution in [3.63, 3.8) is 0 Å². The van der Waals surface area contributed by atoms with E-state index in [-0.39, 0.29) is 8.41 Å². The van der Waals surface area contributed by atoms with Gasteiger partial charge in [-0.25, -0.2) is 0 Å². The first-order valence-corrected chi connectivity index (χ1v) is 9.46. The van der Waals surface area contributed by atoms with E-state index in [1.807, 2.05) is 0 Å². The first-order valence-electron chi connectivity index (χ1n) is 8.46. The second-order valence-electron chi connectivity index (χ2n) is 6.01. The molecule has 0 aliphatic heterocycles. The summed E-state index contributed by atoms with van der Waals surface area (Å²) in [6.07, 6.45) is 0. The van der Waals surface area contributed by atoms with Crippen molar-refractivity contribution in [1.29, 1.82) is 0 Å². The van der Waals surface area contributed by atoms with Gasteiger partial charge in [-0.05, 0) is 32.9 Å². The Hall–Kier alpha value is -2.63. The number of hydrogen-bond acceptors (Lipinski definition) is 0. The summed E-state index contributed by atoms with van der Waals surface area (Å²) in [5, 5.41) is 2.74. The van der Waals surface area contributed by atoms with Gasteiger partial charge in [0.15, 0.2) is 0 Å². The minimum Gasteiger partial charge on any atom is -0.0622 e. The normalized spacial score (nSPS) is 10.2. The van der Waals surface area contributed by atoms with Gasteiger partial charge < -0.3 is 0 Å². The Morgan fingerprint density at radius 2 is 0.654 bits per heavy atom. The van der Waals surface area contributed by atoms with Crippen LogP contribution in [0.5, 0.6) is 0 Å². The van der Waals surface area contributed by atoms with E-state index in [1.54, 1.807) is 0 Å². The van der Waals surface area contributed by atoms with Crippen molar-refractivity contribution in [2.75, 3.05) is 0 Å². The third-order valence-electron chi connectivity index (χ3n) is 4.27. The molecule has 4 aromatic carbocycles. The van der Waals surface area contributed by atoms with Crippen LogP contribution in [-0.4, -0.2) is 8.41 Å². The van der Waals surface area contributed by atoms with Gasteiger partial charge >= 0.3 is 0 Å². The van der Waals surface area contributed by atoms with Crippen LogP contribution < -0.4 is 10.6 Å². The van der Waals surface area contributed by atoms with E-state index in [0.29, 0.717) is 8.58 Å². The van der Waals surface area contributed by atoms with E-state index >= 15 is 0 Å². The molecule has 0 N–H and O–H groups in total. The monoisotopic (exact) mass is 352 g/mol. The summed E-state index contributed by atoms with van der Waals surface area (Å²) in [5.74, 6) is 0. The Balaban J connectivity index is 0.00000196. The first kappa shape index (κ1) is 18.2. The second kappa shape index (κ2) is 8.65. The molecule has 0 atom stereocenters. The summed E-state index contributed by atoms with van der Waals surface area (Å²) >= 11 is 0. The summed E-state index contributed by atoms with van der Waals surface area (Å²) in [4.78, 5) is 0. The molecule has 0 aliphatic rings. The van der Waals surface area contributed by atoms with Crippen LogP contribution in [0.1, 0.15) is 0 Å². The molecule has 4 aromatic rings. The number of rotatable bonds is 4. The van der Waals surface area contributed by atoms with Gasteiger partial charge in [-0.2, -0.15) is 0 Å². The molecule has 0 radical (unpaired) electrons. The predicted molar refractivity (Wildman–Crippen MR) is 121 cm³/mol. The largest absolute Gasteiger partial charge is 0.0814 e. The molecule has 0 aromatic heterocycles. The molecule has 26 heavy (non-hydrogen) atoms. The highest BCUT2D eigenvalue weighted by molar-refractivity contribution is 7.55. The molecule has 0 nitrogen and oxygen atoms in total. The lowest BCUT2D eigenvalue weighted by Crippen LogP contribution is -2.02. The summed E-state index contributed by atoms with van der Waals surface area (Å²) in [7, 11) is 0.685. The van der Waals surface area contributed by atoms with Gasteiger partial charge in [-0.3, -0.25) is 0 Å². The molecule has 0 unspecified atom stereocenters. The maximum Gasteiger partial charge on any atom is 0.0814 e. The van der Waals surface area contributed by atoms with Gasteiger partial charge in [0.2, 0.25) is 0 Å². The fourth-order valence-electron chi connectivity index (χ4n) is 2.92. The van der Waals surface area contributed by atoms with Gasteiger partial charge in [-0.1, -0.05) is 118 Å². The molecular formula is C24H22BP. The van der Waals surface area contributed by atoms with Crippen molar-refractivity contribution in [3.8, 4) is 22.3 Å². The average Bonchev–Trinajstić information content (AvgIpc) is 2.71. The molecule has 0 aliphatic carbocycles. The molecule has 0 fully saturated rings. The fraction of sp³-hybridized carbons (Fsp3) is 0. The van der Waals surface area contributed by atoms with Gasteiger partial charge in [0.1, 0.15) is 0 Å². The lowest BCUT2D eigenvalue weighted by atomic mass is 10.1. The van der Waals surface area contributed by atoms with Crippen LogP contribution >= 0.6 is 8.58 Å². The Kier molecular flexibility index (Phi) is 6.05. The van der Waals surface area contributed by atoms with E-state index in [2.05, 4.69) is 109 Å². The number of hydrogen-bond donors (Lipinski definition) is 0. The molecule has 0 saturated heterocycles. The topological polar surface area (TPSA) is 0 Å². The number of benzene rings is 4. The van der Waals surface area contributed by atoms with Crippen LogP contribution in [0.2, 0.25) is 0 Å². The zero-order valence-corrected chi connectivity index (χ0v) is 14.9. The summed E-state index contributed by atoms with van der Waals surface area (Å²) in [6, 6.07) is 38.9. The van der Waals surface area contributed by atoms with E-state index in [4.69, 9.17) is 0 Å². The van der Waals surface area contributed by atoms with Crippen molar-refractivity contribution in [1.82, 2.24) is 0 Å². The maximum atomic E-state index is 2.24. The zero-order chi connectivity index (χ0) is 16.9. The van der Waals surface area contributed by atoms with Gasteiger partial charge in [0, 0.05) is 0 Å². The lowest BCUT2D eigenvalue weighted by molar-refractivity contribution is 1.63. The Labute approximate surface area is 159 Å². The quantitative estimate of drug-likeness (QED) is 0.376. The standard InChI is InChI=1S/C24H19P.BH3/c1-3-7-19(8-4-1)21-11-15-23(16-12-21)25-24-17-13-22(14-18-24)20-9-5-2-6-10-20;/h1-18,25H;1H3.